The molecule has 1 aromatic rings. The van der Waals surface area contributed by atoms with Crippen LogP contribution < -0.4 is 5.73 Å². The summed E-state index contributed by atoms with van der Waals surface area (Å²) in [5, 5.41) is 6.38. The number of ketones is 1. The molecule has 60 valence electrons. The van der Waals surface area contributed by atoms with Gasteiger partial charge >= 0.3 is 0 Å². The Hall–Kier alpha value is -1.32. The van der Waals surface area contributed by atoms with E-state index >= 15 is 0 Å². The fourth-order valence-electron chi connectivity index (χ4n) is 0.807. The van der Waals surface area contributed by atoms with Gasteiger partial charge in [0.15, 0.2) is 0 Å². The Morgan fingerprint density at radius 1 is 1.82 bits per heavy atom. The number of aromatic nitrogens is 2. The van der Waals surface area contributed by atoms with Crippen molar-refractivity contribution in [2.24, 2.45) is 0 Å². The van der Waals surface area contributed by atoms with Crippen molar-refractivity contribution in [1.29, 1.82) is 0 Å². The molecule has 0 bridgehead atoms. The van der Waals surface area contributed by atoms with Crippen molar-refractivity contribution in [3.8, 4) is 0 Å². The van der Waals surface area contributed by atoms with Crippen LogP contribution in [0.4, 0.5) is 5.82 Å². The number of nitrogens with one attached hydrogen (secondary N) is 1. The number of carbonyl (C=O) groups excluding carboxylic acids is 1. The molecule has 0 unspecified atom stereocenters. The molecule has 0 aliphatic heterocycles. The first kappa shape index (κ1) is 7.78. The molecular weight excluding hydrogens is 142 g/mol. The van der Waals surface area contributed by atoms with E-state index in [2.05, 4.69) is 10.2 Å². The lowest BCUT2D eigenvalue weighted by molar-refractivity contribution is -0.118. The normalized spacial score (nSPS) is 9.91. The summed E-state index contributed by atoms with van der Waals surface area (Å²) >= 11 is 0. The maximum absolute atomic E-state index is 10.9. The van der Waals surface area contributed by atoms with Gasteiger partial charge in [0.2, 0.25) is 0 Å². The third-order valence-corrected chi connectivity index (χ3v) is 1.43. The molecule has 0 atom stereocenters. The molecule has 0 radical (unpaired) electrons. The Balaban J connectivity index is 2.57. The Morgan fingerprint density at radius 2 is 2.55 bits per heavy atom. The first-order chi connectivity index (χ1) is 5.22. The fourth-order valence-corrected chi connectivity index (χ4v) is 0.807. The van der Waals surface area contributed by atoms with E-state index in [-0.39, 0.29) is 5.78 Å². The number of anilines is 1. The molecule has 0 amide bonds. The zero-order valence-electron chi connectivity index (χ0n) is 6.42. The number of nitrogen functional groups attached to an aromatic ring is 1. The standard InChI is InChI=1S/C7H11N3O/c1-2-6(11)3-5-4-7(8)10-9-5/h4H,2-3H2,1H3,(H3,8,9,10). The Morgan fingerprint density at radius 3 is 3.00 bits per heavy atom. The minimum Gasteiger partial charge on any atom is -0.382 e. The lowest BCUT2D eigenvalue weighted by Crippen LogP contribution is -2.00. The van der Waals surface area contributed by atoms with Crippen LogP contribution in [0.5, 0.6) is 0 Å². The van der Waals surface area contributed by atoms with Crippen molar-refractivity contribution in [3.63, 3.8) is 0 Å². The topological polar surface area (TPSA) is 71.8 Å². The quantitative estimate of drug-likeness (QED) is 0.664. The molecule has 1 aromatic heterocycles. The van der Waals surface area contributed by atoms with Gasteiger partial charge in [-0.3, -0.25) is 9.89 Å². The maximum Gasteiger partial charge on any atom is 0.145 e. The monoisotopic (exact) mass is 153 g/mol. The molecule has 4 nitrogen and oxygen atoms in total. The van der Waals surface area contributed by atoms with E-state index in [0.29, 0.717) is 18.7 Å². The SMILES string of the molecule is CCC(=O)Cc1cc(N)n[nH]1. The van der Waals surface area contributed by atoms with Gasteiger partial charge in [0.05, 0.1) is 0 Å². The predicted molar refractivity (Wildman–Crippen MR) is 42.0 cm³/mol. The van der Waals surface area contributed by atoms with Crippen molar-refractivity contribution in [3.05, 3.63) is 11.8 Å². The molecule has 1 heterocycles. The van der Waals surface area contributed by atoms with Crippen LogP contribution in [0.15, 0.2) is 6.07 Å². The number of carbonyl (C=O) groups is 1. The highest BCUT2D eigenvalue weighted by molar-refractivity contribution is 5.80. The van der Waals surface area contributed by atoms with E-state index in [0.717, 1.165) is 5.69 Å². The average Bonchev–Trinajstić information content (AvgIpc) is 2.35. The molecule has 3 N–H and O–H groups in total. The third kappa shape index (κ3) is 2.07. The number of aromatic amines is 1. The van der Waals surface area contributed by atoms with Crippen molar-refractivity contribution in [2.45, 2.75) is 19.8 Å². The minimum absolute atomic E-state index is 0.189. The van der Waals surface area contributed by atoms with E-state index in [1.807, 2.05) is 6.92 Å². The summed E-state index contributed by atoms with van der Waals surface area (Å²) in [6.07, 6.45) is 0.958. The lowest BCUT2D eigenvalue weighted by atomic mass is 10.2. The van der Waals surface area contributed by atoms with Crippen LogP contribution in [-0.4, -0.2) is 16.0 Å². The van der Waals surface area contributed by atoms with Gasteiger partial charge in [0.1, 0.15) is 11.6 Å². The van der Waals surface area contributed by atoms with Gasteiger partial charge < -0.3 is 5.73 Å². The first-order valence-electron chi connectivity index (χ1n) is 3.54. The zero-order chi connectivity index (χ0) is 8.27. The molecule has 0 aromatic carbocycles. The number of nitrogens with two attached hydrogens (primary N) is 1. The molecule has 0 spiro atoms. The molecule has 1 rings (SSSR count). The Labute approximate surface area is 64.8 Å². The van der Waals surface area contributed by atoms with Crippen LogP contribution in [-0.2, 0) is 11.2 Å². The summed E-state index contributed by atoms with van der Waals surface area (Å²) in [5.74, 6) is 0.623. The maximum atomic E-state index is 10.9. The molecule has 0 saturated heterocycles. The number of Topliss-reactive ketones (excluding diaryl/α,β-unsaturated/α-hetero) is 1. The summed E-state index contributed by atoms with van der Waals surface area (Å²) in [4.78, 5) is 10.9. The van der Waals surface area contributed by atoms with E-state index in [4.69, 9.17) is 5.73 Å². The van der Waals surface area contributed by atoms with Crippen molar-refractivity contribution >= 4 is 11.6 Å². The first-order valence-corrected chi connectivity index (χ1v) is 3.54. The van der Waals surface area contributed by atoms with Crippen molar-refractivity contribution in [2.75, 3.05) is 5.73 Å². The highest BCUT2D eigenvalue weighted by atomic mass is 16.1. The summed E-state index contributed by atoms with van der Waals surface area (Å²) in [7, 11) is 0. The molecule has 4 heteroatoms. The van der Waals surface area contributed by atoms with Gasteiger partial charge in [0, 0.05) is 24.6 Å². The van der Waals surface area contributed by atoms with Gasteiger partial charge in [-0.2, -0.15) is 5.10 Å². The van der Waals surface area contributed by atoms with Crippen LogP contribution in [0.3, 0.4) is 0 Å². The number of rotatable bonds is 3. The average molecular weight is 153 g/mol. The third-order valence-electron chi connectivity index (χ3n) is 1.43. The van der Waals surface area contributed by atoms with E-state index < -0.39 is 0 Å². The van der Waals surface area contributed by atoms with Crippen LogP contribution in [0.1, 0.15) is 19.0 Å². The van der Waals surface area contributed by atoms with Gasteiger partial charge in [-0.05, 0) is 0 Å². The number of hydrogen-bond acceptors (Lipinski definition) is 3. The van der Waals surface area contributed by atoms with Gasteiger partial charge in [-0.25, -0.2) is 0 Å². The van der Waals surface area contributed by atoms with E-state index in [9.17, 15) is 4.79 Å². The van der Waals surface area contributed by atoms with E-state index in [1.165, 1.54) is 0 Å². The molecule has 0 saturated carbocycles. The van der Waals surface area contributed by atoms with Gasteiger partial charge in [0.25, 0.3) is 0 Å². The van der Waals surface area contributed by atoms with Crippen molar-refractivity contribution < 1.29 is 4.79 Å². The van der Waals surface area contributed by atoms with Crippen molar-refractivity contribution in [1.82, 2.24) is 10.2 Å². The minimum atomic E-state index is 0.189. The number of nitrogens with zero attached hydrogens (tertiary/aromatic N) is 1. The second kappa shape index (κ2) is 3.18. The number of H-pyrrole nitrogens is 1. The van der Waals surface area contributed by atoms with Crippen LogP contribution in [0, 0.1) is 0 Å². The predicted octanol–water partition coefficient (Wildman–Crippen LogP) is 0.514. The number of hydrogen-bond donors (Lipinski definition) is 2. The van der Waals surface area contributed by atoms with E-state index in [1.54, 1.807) is 6.07 Å². The Kier molecular flexibility index (Phi) is 2.25. The van der Waals surface area contributed by atoms with Gasteiger partial charge in [-0.15, -0.1) is 0 Å². The molecule has 11 heavy (non-hydrogen) atoms. The van der Waals surface area contributed by atoms with Crippen LogP contribution in [0.25, 0.3) is 0 Å². The summed E-state index contributed by atoms with van der Waals surface area (Å²) < 4.78 is 0. The highest BCUT2D eigenvalue weighted by Gasteiger charge is 2.02. The molecule has 0 fully saturated rings. The fraction of sp³-hybridized carbons (Fsp3) is 0.429. The highest BCUT2D eigenvalue weighted by Crippen LogP contribution is 2.02. The molecular formula is C7H11N3O. The zero-order valence-corrected chi connectivity index (χ0v) is 6.42. The molecule has 0 aliphatic carbocycles. The van der Waals surface area contributed by atoms with Crippen LogP contribution >= 0.6 is 0 Å². The second-order valence-electron chi connectivity index (χ2n) is 2.39. The van der Waals surface area contributed by atoms with Gasteiger partial charge in [-0.1, -0.05) is 6.92 Å². The summed E-state index contributed by atoms with van der Waals surface area (Å²) in [6, 6.07) is 1.67. The Bertz CT molecular complexity index is 254. The summed E-state index contributed by atoms with van der Waals surface area (Å²) in [5.41, 5.74) is 6.13. The smallest absolute Gasteiger partial charge is 0.145 e. The molecule has 0 aliphatic rings. The van der Waals surface area contributed by atoms with Crippen LogP contribution in [0.2, 0.25) is 0 Å². The lowest BCUT2D eigenvalue weighted by Gasteiger charge is -1.90. The summed E-state index contributed by atoms with van der Waals surface area (Å²) in [6.45, 7) is 1.84. The second-order valence-corrected chi connectivity index (χ2v) is 2.39. The largest absolute Gasteiger partial charge is 0.382 e.